The first-order valence-electron chi connectivity index (χ1n) is 6.36. The number of sulfonamides is 1. The zero-order chi connectivity index (χ0) is 15.8. The van der Waals surface area contributed by atoms with Crippen molar-refractivity contribution < 1.29 is 8.42 Å². The molecule has 0 bridgehead atoms. The smallest absolute Gasteiger partial charge is 0.262 e. The van der Waals surface area contributed by atoms with Crippen LogP contribution in [0.1, 0.15) is 16.7 Å². The van der Waals surface area contributed by atoms with Crippen LogP contribution in [-0.4, -0.2) is 8.42 Å². The molecule has 0 aliphatic carbocycles. The number of nitrogens with one attached hydrogen (secondary N) is 1. The second-order valence-electron chi connectivity index (χ2n) is 5.03. The van der Waals surface area contributed by atoms with Gasteiger partial charge in [0.25, 0.3) is 10.0 Å². The van der Waals surface area contributed by atoms with E-state index in [2.05, 4.69) is 4.72 Å². The summed E-state index contributed by atoms with van der Waals surface area (Å²) in [6.07, 6.45) is 0. The Morgan fingerprint density at radius 2 is 1.71 bits per heavy atom. The van der Waals surface area contributed by atoms with E-state index in [1.807, 2.05) is 13.8 Å². The van der Waals surface area contributed by atoms with Crippen LogP contribution >= 0.6 is 11.6 Å². The van der Waals surface area contributed by atoms with Crippen LogP contribution < -0.4 is 10.5 Å². The molecule has 0 saturated carbocycles. The molecule has 4 nitrogen and oxygen atoms in total. The average molecular weight is 325 g/mol. The third-order valence-electron chi connectivity index (χ3n) is 3.38. The van der Waals surface area contributed by atoms with Crippen molar-refractivity contribution >= 4 is 33.0 Å². The molecule has 0 radical (unpaired) electrons. The van der Waals surface area contributed by atoms with E-state index >= 15 is 0 Å². The average Bonchev–Trinajstić information content (AvgIpc) is 2.37. The molecule has 2 aromatic rings. The van der Waals surface area contributed by atoms with Gasteiger partial charge in [0.1, 0.15) is 0 Å². The van der Waals surface area contributed by atoms with Gasteiger partial charge in [0, 0.05) is 10.7 Å². The zero-order valence-corrected chi connectivity index (χ0v) is 13.6. The lowest BCUT2D eigenvalue weighted by atomic mass is 10.1. The summed E-state index contributed by atoms with van der Waals surface area (Å²) in [5, 5.41) is 0.471. The first-order chi connectivity index (χ1) is 9.70. The van der Waals surface area contributed by atoms with Gasteiger partial charge < -0.3 is 5.73 Å². The lowest BCUT2D eigenvalue weighted by Crippen LogP contribution is -2.16. The van der Waals surface area contributed by atoms with Crippen molar-refractivity contribution in [2.75, 3.05) is 10.5 Å². The maximum Gasteiger partial charge on any atom is 0.262 e. The third kappa shape index (κ3) is 3.31. The highest BCUT2D eigenvalue weighted by atomic mass is 35.5. The summed E-state index contributed by atoms with van der Waals surface area (Å²) in [5.41, 5.74) is 8.94. The molecule has 0 aliphatic rings. The number of halogens is 1. The summed E-state index contributed by atoms with van der Waals surface area (Å²) in [4.78, 5) is 0.180. The molecule has 6 heteroatoms. The monoisotopic (exact) mass is 324 g/mol. The van der Waals surface area contributed by atoms with Gasteiger partial charge in [0.15, 0.2) is 0 Å². The van der Waals surface area contributed by atoms with Crippen LogP contribution in [0.4, 0.5) is 11.4 Å². The number of hydrogen-bond donors (Lipinski definition) is 2. The van der Waals surface area contributed by atoms with E-state index in [9.17, 15) is 8.42 Å². The molecular weight excluding hydrogens is 308 g/mol. The van der Waals surface area contributed by atoms with Crippen LogP contribution in [0.25, 0.3) is 0 Å². The number of nitrogens with two attached hydrogens (primary N) is 1. The minimum atomic E-state index is -3.72. The van der Waals surface area contributed by atoms with Crippen LogP contribution in [0.2, 0.25) is 5.02 Å². The van der Waals surface area contributed by atoms with Crippen LogP contribution in [0.3, 0.4) is 0 Å². The number of nitrogen functional groups attached to an aromatic ring is 1. The van der Waals surface area contributed by atoms with Crippen molar-refractivity contribution in [3.8, 4) is 0 Å². The van der Waals surface area contributed by atoms with Crippen LogP contribution in [0, 0.1) is 20.8 Å². The number of hydrogen-bond acceptors (Lipinski definition) is 3. The maximum atomic E-state index is 12.6. The zero-order valence-electron chi connectivity index (χ0n) is 12.1. The molecule has 0 saturated heterocycles. The van der Waals surface area contributed by atoms with Crippen molar-refractivity contribution in [1.82, 2.24) is 0 Å². The molecule has 0 heterocycles. The van der Waals surface area contributed by atoms with Gasteiger partial charge in [-0.3, -0.25) is 4.72 Å². The van der Waals surface area contributed by atoms with E-state index in [-0.39, 0.29) is 4.90 Å². The molecule has 0 atom stereocenters. The van der Waals surface area contributed by atoms with Gasteiger partial charge >= 0.3 is 0 Å². The molecule has 21 heavy (non-hydrogen) atoms. The van der Waals surface area contributed by atoms with Crippen LogP contribution in [0.5, 0.6) is 0 Å². The number of rotatable bonds is 3. The van der Waals surface area contributed by atoms with E-state index in [0.29, 0.717) is 22.0 Å². The fourth-order valence-electron chi connectivity index (χ4n) is 2.04. The Kier molecular flexibility index (Phi) is 4.16. The second-order valence-corrected chi connectivity index (χ2v) is 7.11. The topological polar surface area (TPSA) is 72.2 Å². The van der Waals surface area contributed by atoms with E-state index in [4.69, 9.17) is 17.3 Å². The normalized spacial score (nSPS) is 11.4. The lowest BCUT2D eigenvalue weighted by molar-refractivity contribution is 0.600. The highest BCUT2D eigenvalue weighted by Crippen LogP contribution is 2.27. The Labute approximate surface area is 130 Å². The molecule has 0 amide bonds. The molecule has 0 spiro atoms. The quantitative estimate of drug-likeness (QED) is 0.846. The van der Waals surface area contributed by atoms with E-state index < -0.39 is 10.0 Å². The summed E-state index contributed by atoms with van der Waals surface area (Å²) in [6, 6.07) is 8.27. The predicted octanol–water partition coefficient (Wildman–Crippen LogP) is 3.65. The number of benzene rings is 2. The molecule has 0 aliphatic heterocycles. The van der Waals surface area contributed by atoms with Crippen LogP contribution in [0.15, 0.2) is 35.2 Å². The largest absolute Gasteiger partial charge is 0.399 e. The molecule has 0 aromatic heterocycles. The molecular formula is C15H17ClN2O2S. The van der Waals surface area contributed by atoms with Crippen molar-refractivity contribution in [2.24, 2.45) is 0 Å². The van der Waals surface area contributed by atoms with E-state index in [1.54, 1.807) is 31.2 Å². The fraction of sp³-hybridized carbons (Fsp3) is 0.200. The molecule has 0 unspecified atom stereocenters. The Hall–Kier alpha value is -1.72. The van der Waals surface area contributed by atoms with Gasteiger partial charge in [0.2, 0.25) is 0 Å². The van der Waals surface area contributed by atoms with E-state index in [0.717, 1.165) is 11.1 Å². The van der Waals surface area contributed by atoms with Crippen molar-refractivity contribution in [3.63, 3.8) is 0 Å². The Bertz CT molecular complexity index is 802. The van der Waals surface area contributed by atoms with Crippen molar-refractivity contribution in [1.29, 1.82) is 0 Å². The van der Waals surface area contributed by atoms with Crippen LogP contribution in [-0.2, 0) is 10.0 Å². The SMILES string of the molecule is Cc1ccc(Cl)cc1NS(=O)(=O)c1cc(N)cc(C)c1C. The maximum absolute atomic E-state index is 12.6. The molecule has 2 rings (SSSR count). The summed E-state index contributed by atoms with van der Waals surface area (Å²) in [7, 11) is -3.72. The highest BCUT2D eigenvalue weighted by Gasteiger charge is 2.19. The summed E-state index contributed by atoms with van der Waals surface area (Å²) in [6.45, 7) is 5.40. The summed E-state index contributed by atoms with van der Waals surface area (Å²) in [5.74, 6) is 0. The van der Waals surface area contributed by atoms with Gasteiger partial charge in [-0.25, -0.2) is 8.42 Å². The minimum absolute atomic E-state index is 0.180. The Morgan fingerprint density at radius 1 is 1.05 bits per heavy atom. The minimum Gasteiger partial charge on any atom is -0.399 e. The first kappa shape index (κ1) is 15.7. The van der Waals surface area contributed by atoms with Gasteiger partial charge in [-0.05, 0) is 61.7 Å². The standard InChI is InChI=1S/C15H17ClN2O2S/c1-9-4-5-12(16)7-14(9)18-21(19,20)15-8-13(17)6-10(2)11(15)3/h4-8,18H,17H2,1-3H3. The molecule has 112 valence electrons. The lowest BCUT2D eigenvalue weighted by Gasteiger charge is -2.14. The van der Waals surface area contributed by atoms with Gasteiger partial charge in [-0.15, -0.1) is 0 Å². The predicted molar refractivity (Wildman–Crippen MR) is 87.3 cm³/mol. The Morgan fingerprint density at radius 3 is 2.38 bits per heavy atom. The number of aryl methyl sites for hydroxylation is 2. The van der Waals surface area contributed by atoms with Gasteiger partial charge in [-0.2, -0.15) is 0 Å². The van der Waals surface area contributed by atoms with E-state index in [1.165, 1.54) is 6.07 Å². The summed E-state index contributed by atoms with van der Waals surface area (Å²) < 4.78 is 27.7. The molecule has 3 N–H and O–H groups in total. The first-order valence-corrected chi connectivity index (χ1v) is 8.22. The molecule has 0 fully saturated rings. The highest BCUT2D eigenvalue weighted by molar-refractivity contribution is 7.92. The van der Waals surface area contributed by atoms with Crippen molar-refractivity contribution in [3.05, 3.63) is 52.0 Å². The second kappa shape index (κ2) is 5.58. The van der Waals surface area contributed by atoms with Gasteiger partial charge in [-0.1, -0.05) is 17.7 Å². The van der Waals surface area contributed by atoms with Crippen molar-refractivity contribution in [2.45, 2.75) is 25.7 Å². The summed E-state index contributed by atoms with van der Waals surface area (Å²) >= 11 is 5.92. The fourth-order valence-corrected chi connectivity index (χ4v) is 3.68. The third-order valence-corrected chi connectivity index (χ3v) is 5.10. The number of anilines is 2. The molecule has 2 aromatic carbocycles. The van der Waals surface area contributed by atoms with Gasteiger partial charge in [0.05, 0.1) is 10.6 Å². The Balaban J connectivity index is 2.51.